The van der Waals surface area contributed by atoms with E-state index in [1.165, 1.54) is 19.2 Å². The highest BCUT2D eigenvalue weighted by Gasteiger charge is 2.29. The Morgan fingerprint density at radius 1 is 1.19 bits per heavy atom. The van der Waals surface area contributed by atoms with Crippen molar-refractivity contribution >= 4 is 21.6 Å². The van der Waals surface area contributed by atoms with Crippen LogP contribution >= 0.6 is 0 Å². The maximum absolute atomic E-state index is 13.2. The van der Waals surface area contributed by atoms with Gasteiger partial charge in [0.25, 0.3) is 15.9 Å². The van der Waals surface area contributed by atoms with Crippen LogP contribution in [0.5, 0.6) is 5.75 Å². The number of hydroxylamine groups is 1. The molecule has 0 aliphatic rings. The Hall–Kier alpha value is -2.58. The van der Waals surface area contributed by atoms with Gasteiger partial charge in [-0.1, -0.05) is 6.07 Å². The number of rotatable bonds is 6. The van der Waals surface area contributed by atoms with Gasteiger partial charge in [0.2, 0.25) is 0 Å². The summed E-state index contributed by atoms with van der Waals surface area (Å²) in [5.41, 5.74) is 3.30. The van der Waals surface area contributed by atoms with Crippen LogP contribution in [0, 0.1) is 13.8 Å². The maximum Gasteiger partial charge on any atom is 0.276 e. The summed E-state index contributed by atoms with van der Waals surface area (Å²) in [5, 5.41) is 9.05. The molecule has 0 radical (unpaired) electrons. The maximum atomic E-state index is 13.2. The molecular formula is C18H22N2O5S. The van der Waals surface area contributed by atoms with E-state index in [0.717, 1.165) is 9.87 Å². The first-order valence-electron chi connectivity index (χ1n) is 7.98. The van der Waals surface area contributed by atoms with Crippen LogP contribution in [0.25, 0.3) is 0 Å². The second kappa shape index (κ2) is 7.76. The van der Waals surface area contributed by atoms with E-state index in [-0.39, 0.29) is 22.7 Å². The van der Waals surface area contributed by atoms with Gasteiger partial charge in [-0.3, -0.25) is 14.3 Å². The van der Waals surface area contributed by atoms with Gasteiger partial charge in [-0.25, -0.2) is 13.9 Å². The monoisotopic (exact) mass is 378 g/mol. The van der Waals surface area contributed by atoms with Gasteiger partial charge in [0.15, 0.2) is 0 Å². The Labute approximate surface area is 153 Å². The molecule has 0 aliphatic heterocycles. The predicted octanol–water partition coefficient (Wildman–Crippen LogP) is 2.65. The third-order valence-corrected chi connectivity index (χ3v) is 5.86. The average molecular weight is 378 g/mol. The van der Waals surface area contributed by atoms with E-state index >= 15 is 0 Å². The lowest BCUT2D eigenvalue weighted by Gasteiger charge is -2.27. The first kappa shape index (κ1) is 19.7. The second-order valence-electron chi connectivity index (χ2n) is 5.76. The van der Waals surface area contributed by atoms with Gasteiger partial charge in [-0.15, -0.1) is 0 Å². The Morgan fingerprint density at radius 3 is 2.31 bits per heavy atom. The van der Waals surface area contributed by atoms with Crippen molar-refractivity contribution in [1.82, 2.24) is 5.48 Å². The molecule has 0 aliphatic carbocycles. The van der Waals surface area contributed by atoms with Crippen LogP contribution in [-0.2, 0) is 10.0 Å². The molecule has 26 heavy (non-hydrogen) atoms. The summed E-state index contributed by atoms with van der Waals surface area (Å²) in [6.07, 6.45) is 0. The summed E-state index contributed by atoms with van der Waals surface area (Å²) >= 11 is 0. The summed E-state index contributed by atoms with van der Waals surface area (Å²) in [6.45, 7) is 5.31. The number of nitrogens with one attached hydrogen (secondary N) is 1. The lowest BCUT2D eigenvalue weighted by atomic mass is 10.0. The van der Waals surface area contributed by atoms with Gasteiger partial charge in [0.1, 0.15) is 5.75 Å². The fourth-order valence-corrected chi connectivity index (χ4v) is 4.40. The topological polar surface area (TPSA) is 95.9 Å². The molecule has 2 aromatic carbocycles. The van der Waals surface area contributed by atoms with Gasteiger partial charge in [0.05, 0.1) is 23.3 Å². The first-order valence-corrected chi connectivity index (χ1v) is 9.42. The molecule has 2 rings (SSSR count). The number of carbonyl (C=O) groups is 1. The molecule has 0 bridgehead atoms. The van der Waals surface area contributed by atoms with Crippen LogP contribution in [0.15, 0.2) is 41.3 Å². The minimum absolute atomic E-state index is 0.0791. The molecule has 2 aromatic rings. The number of sulfonamides is 1. The number of methoxy groups -OCH3 is 1. The van der Waals surface area contributed by atoms with Crippen molar-refractivity contribution in [2.24, 2.45) is 0 Å². The van der Waals surface area contributed by atoms with Crippen molar-refractivity contribution in [2.75, 3.05) is 18.0 Å². The SMILES string of the molecule is CCN(c1c(C)cc(C)cc1C(=O)NO)S(=O)(=O)c1ccc(OC)cc1. The molecule has 0 saturated heterocycles. The van der Waals surface area contributed by atoms with Crippen molar-refractivity contribution in [3.05, 3.63) is 53.1 Å². The molecule has 0 atom stereocenters. The standard InChI is InChI=1S/C18H22N2O5S/c1-5-20(26(23,24)15-8-6-14(25-4)7-9-15)17-13(3)10-12(2)11-16(17)18(21)19-22/h6-11,22H,5H2,1-4H3,(H,19,21). The van der Waals surface area contributed by atoms with E-state index in [9.17, 15) is 13.2 Å². The highest BCUT2D eigenvalue weighted by molar-refractivity contribution is 7.92. The van der Waals surface area contributed by atoms with Crippen molar-refractivity contribution < 1.29 is 23.2 Å². The summed E-state index contributed by atoms with van der Waals surface area (Å²) in [7, 11) is -2.42. The highest BCUT2D eigenvalue weighted by Crippen LogP contribution is 2.32. The molecule has 0 unspecified atom stereocenters. The second-order valence-corrected chi connectivity index (χ2v) is 7.63. The molecule has 8 heteroatoms. The Balaban J connectivity index is 2.65. The zero-order chi connectivity index (χ0) is 19.5. The number of ether oxygens (including phenoxy) is 1. The van der Waals surface area contributed by atoms with E-state index in [1.54, 1.807) is 50.5 Å². The number of anilines is 1. The molecule has 0 spiro atoms. The highest BCUT2D eigenvalue weighted by atomic mass is 32.2. The lowest BCUT2D eigenvalue weighted by Crippen LogP contribution is -2.34. The van der Waals surface area contributed by atoms with Crippen molar-refractivity contribution in [2.45, 2.75) is 25.7 Å². The van der Waals surface area contributed by atoms with Crippen molar-refractivity contribution in [3.8, 4) is 5.75 Å². The van der Waals surface area contributed by atoms with Crippen LogP contribution in [0.4, 0.5) is 5.69 Å². The smallest absolute Gasteiger partial charge is 0.276 e. The Bertz CT molecular complexity index is 908. The third kappa shape index (κ3) is 3.66. The van der Waals surface area contributed by atoms with Crippen LogP contribution in [0.1, 0.15) is 28.4 Å². The number of aryl methyl sites for hydroxylation is 2. The van der Waals surface area contributed by atoms with E-state index in [2.05, 4.69) is 0 Å². The summed E-state index contributed by atoms with van der Waals surface area (Å²) in [5.74, 6) is -0.228. The van der Waals surface area contributed by atoms with Crippen molar-refractivity contribution in [1.29, 1.82) is 0 Å². The van der Waals surface area contributed by atoms with E-state index in [1.807, 2.05) is 0 Å². The summed E-state index contributed by atoms with van der Waals surface area (Å²) < 4.78 is 32.5. The van der Waals surface area contributed by atoms with Gasteiger partial charge in [-0.05, 0) is 62.2 Å². The molecule has 1 amide bonds. The Morgan fingerprint density at radius 2 is 1.81 bits per heavy atom. The number of nitrogens with zero attached hydrogens (tertiary/aromatic N) is 1. The van der Waals surface area contributed by atoms with Gasteiger partial charge < -0.3 is 4.74 Å². The lowest BCUT2D eigenvalue weighted by molar-refractivity contribution is 0.0707. The van der Waals surface area contributed by atoms with E-state index in [0.29, 0.717) is 11.3 Å². The third-order valence-electron chi connectivity index (χ3n) is 3.98. The molecule has 0 heterocycles. The predicted molar refractivity (Wildman–Crippen MR) is 98.4 cm³/mol. The quantitative estimate of drug-likeness (QED) is 0.595. The molecule has 7 nitrogen and oxygen atoms in total. The minimum atomic E-state index is -3.91. The van der Waals surface area contributed by atoms with Crippen molar-refractivity contribution in [3.63, 3.8) is 0 Å². The molecule has 140 valence electrons. The summed E-state index contributed by atoms with van der Waals surface area (Å²) in [6, 6.07) is 9.35. The number of carbonyl (C=O) groups excluding carboxylic acids is 1. The number of hydrogen-bond donors (Lipinski definition) is 2. The molecule has 0 saturated carbocycles. The van der Waals surface area contributed by atoms with Crippen LogP contribution < -0.4 is 14.5 Å². The number of hydrogen-bond acceptors (Lipinski definition) is 5. The van der Waals surface area contributed by atoms with Gasteiger partial charge >= 0.3 is 0 Å². The fraction of sp³-hybridized carbons (Fsp3) is 0.278. The molecular weight excluding hydrogens is 356 g/mol. The molecule has 0 aromatic heterocycles. The average Bonchev–Trinajstić information content (AvgIpc) is 2.62. The zero-order valence-electron chi connectivity index (χ0n) is 15.1. The normalized spacial score (nSPS) is 11.1. The largest absolute Gasteiger partial charge is 0.497 e. The molecule has 0 fully saturated rings. The number of benzene rings is 2. The first-order chi connectivity index (χ1) is 12.3. The fourth-order valence-electron chi connectivity index (χ4n) is 2.85. The zero-order valence-corrected chi connectivity index (χ0v) is 15.9. The van der Waals surface area contributed by atoms with E-state index in [4.69, 9.17) is 9.94 Å². The van der Waals surface area contributed by atoms with Crippen LogP contribution in [0.2, 0.25) is 0 Å². The minimum Gasteiger partial charge on any atom is -0.497 e. The number of amides is 1. The Kier molecular flexibility index (Phi) is 5.89. The van der Waals surface area contributed by atoms with Crippen LogP contribution in [0.3, 0.4) is 0 Å². The van der Waals surface area contributed by atoms with Gasteiger partial charge in [-0.2, -0.15) is 0 Å². The van der Waals surface area contributed by atoms with E-state index < -0.39 is 15.9 Å². The van der Waals surface area contributed by atoms with Crippen LogP contribution in [-0.4, -0.2) is 33.2 Å². The van der Waals surface area contributed by atoms with Gasteiger partial charge in [0, 0.05) is 6.54 Å². The summed E-state index contributed by atoms with van der Waals surface area (Å²) in [4.78, 5) is 12.2. The molecule has 2 N–H and O–H groups in total.